The Balaban J connectivity index is 4.34. The molecule has 0 radical (unpaired) electrons. The lowest BCUT2D eigenvalue weighted by molar-refractivity contribution is -0.167. The van der Waals surface area contributed by atoms with E-state index < -0.39 is 6.10 Å². The summed E-state index contributed by atoms with van der Waals surface area (Å²) in [6.07, 6.45) is 53.3. The second-order valence-corrected chi connectivity index (χ2v) is 17.8. The van der Waals surface area contributed by atoms with Gasteiger partial charge in [0.15, 0.2) is 6.10 Å². The fourth-order valence-corrected chi connectivity index (χ4v) is 7.79. The van der Waals surface area contributed by atoms with E-state index in [-0.39, 0.29) is 31.1 Å². The van der Waals surface area contributed by atoms with Crippen molar-refractivity contribution in [1.82, 2.24) is 0 Å². The lowest BCUT2D eigenvalue weighted by atomic mass is 10.0. The van der Waals surface area contributed by atoms with Gasteiger partial charge in [0, 0.05) is 19.3 Å². The first-order chi connectivity index (χ1) is 29.0. The van der Waals surface area contributed by atoms with Gasteiger partial charge in [-0.3, -0.25) is 14.4 Å². The molecule has 0 saturated carbocycles. The van der Waals surface area contributed by atoms with Crippen LogP contribution in [0, 0.1) is 0 Å². The third kappa shape index (κ3) is 47.1. The van der Waals surface area contributed by atoms with Crippen molar-refractivity contribution in [3.63, 3.8) is 0 Å². The number of allylic oxidation sites excluding steroid dienone is 2. The lowest BCUT2D eigenvalue weighted by Crippen LogP contribution is -2.30. The summed E-state index contributed by atoms with van der Waals surface area (Å²) in [5.41, 5.74) is 0. The van der Waals surface area contributed by atoms with Gasteiger partial charge >= 0.3 is 17.9 Å². The normalized spacial score (nSPS) is 12.0. The number of carbonyl (C=O) groups excluding carboxylic acids is 3. The highest BCUT2D eigenvalue weighted by Gasteiger charge is 2.19. The molecule has 0 aromatic heterocycles. The van der Waals surface area contributed by atoms with E-state index in [0.29, 0.717) is 19.3 Å². The molecule has 1 atom stereocenters. The van der Waals surface area contributed by atoms with E-state index in [2.05, 4.69) is 32.9 Å². The fourth-order valence-electron chi connectivity index (χ4n) is 7.79. The van der Waals surface area contributed by atoms with Gasteiger partial charge < -0.3 is 14.2 Å². The van der Waals surface area contributed by atoms with Crippen LogP contribution >= 0.6 is 0 Å². The summed E-state index contributed by atoms with van der Waals surface area (Å²) in [6.45, 7) is 6.66. The standard InChI is InChI=1S/C53H100O6/c1-4-7-10-13-16-19-22-25-28-31-34-37-40-43-46-52(55)58-49-50(48-57-51(54)45-42-39-36-33-30-27-24-21-18-15-12-9-6-3)59-53(56)47-44-41-38-35-32-29-26-23-20-17-14-11-8-5-2/h22,25,50H,4-21,23-24,26-49H2,1-3H3/b25-22-. The van der Waals surface area contributed by atoms with Crippen LogP contribution in [0.5, 0.6) is 0 Å². The number of esters is 3. The van der Waals surface area contributed by atoms with Crippen molar-refractivity contribution >= 4 is 17.9 Å². The van der Waals surface area contributed by atoms with Crippen LogP contribution in [-0.2, 0) is 28.6 Å². The topological polar surface area (TPSA) is 78.9 Å². The van der Waals surface area contributed by atoms with Gasteiger partial charge in [-0.15, -0.1) is 0 Å². The highest BCUT2D eigenvalue weighted by Crippen LogP contribution is 2.16. The minimum Gasteiger partial charge on any atom is -0.462 e. The second kappa shape index (κ2) is 48.8. The van der Waals surface area contributed by atoms with Crippen LogP contribution < -0.4 is 0 Å². The number of ether oxygens (including phenoxy) is 3. The summed E-state index contributed by atoms with van der Waals surface area (Å²) in [5.74, 6) is -0.858. The van der Waals surface area contributed by atoms with Crippen LogP contribution in [0.2, 0.25) is 0 Å². The Bertz CT molecular complexity index is 916. The molecule has 0 fully saturated rings. The average Bonchev–Trinajstić information content (AvgIpc) is 3.23. The lowest BCUT2D eigenvalue weighted by Gasteiger charge is -2.18. The van der Waals surface area contributed by atoms with E-state index in [1.165, 1.54) is 186 Å². The van der Waals surface area contributed by atoms with Gasteiger partial charge in [-0.25, -0.2) is 0 Å². The smallest absolute Gasteiger partial charge is 0.306 e. The first-order valence-electron chi connectivity index (χ1n) is 26.2. The molecule has 0 aliphatic carbocycles. The van der Waals surface area contributed by atoms with E-state index in [1.54, 1.807) is 0 Å². The molecule has 0 aliphatic rings. The van der Waals surface area contributed by atoms with E-state index in [9.17, 15) is 14.4 Å². The van der Waals surface area contributed by atoms with Crippen molar-refractivity contribution in [2.24, 2.45) is 0 Å². The zero-order chi connectivity index (χ0) is 43.0. The van der Waals surface area contributed by atoms with Gasteiger partial charge in [0.05, 0.1) is 0 Å². The summed E-state index contributed by atoms with van der Waals surface area (Å²) in [4.78, 5) is 37.9. The molecule has 0 amide bonds. The minimum absolute atomic E-state index is 0.0671. The number of unbranched alkanes of at least 4 members (excludes halogenated alkanes) is 35. The number of hydrogen-bond donors (Lipinski definition) is 0. The zero-order valence-electron chi connectivity index (χ0n) is 39.8. The van der Waals surface area contributed by atoms with Crippen molar-refractivity contribution in [2.75, 3.05) is 13.2 Å². The predicted octanol–water partition coefficient (Wildman–Crippen LogP) is 17.0. The monoisotopic (exact) mass is 833 g/mol. The molecule has 0 bridgehead atoms. The zero-order valence-corrected chi connectivity index (χ0v) is 39.8. The Morgan fingerprint density at radius 1 is 0.322 bits per heavy atom. The van der Waals surface area contributed by atoms with E-state index in [4.69, 9.17) is 14.2 Å². The van der Waals surface area contributed by atoms with Crippen molar-refractivity contribution in [1.29, 1.82) is 0 Å². The summed E-state index contributed by atoms with van der Waals surface area (Å²) < 4.78 is 16.8. The van der Waals surface area contributed by atoms with Crippen molar-refractivity contribution in [3.05, 3.63) is 12.2 Å². The summed E-state index contributed by atoms with van der Waals surface area (Å²) in [5, 5.41) is 0. The van der Waals surface area contributed by atoms with E-state index in [1.807, 2.05) is 0 Å². The summed E-state index contributed by atoms with van der Waals surface area (Å²) in [7, 11) is 0. The maximum atomic E-state index is 12.8. The van der Waals surface area contributed by atoms with Gasteiger partial charge in [-0.05, 0) is 44.9 Å². The van der Waals surface area contributed by atoms with Crippen molar-refractivity contribution in [3.8, 4) is 0 Å². The third-order valence-corrected chi connectivity index (χ3v) is 11.8. The predicted molar refractivity (Wildman–Crippen MR) is 252 cm³/mol. The number of rotatable bonds is 48. The maximum Gasteiger partial charge on any atom is 0.306 e. The van der Waals surface area contributed by atoms with E-state index >= 15 is 0 Å². The molecule has 0 heterocycles. The molecular weight excluding hydrogens is 733 g/mol. The molecule has 59 heavy (non-hydrogen) atoms. The quantitative estimate of drug-likeness (QED) is 0.0263. The van der Waals surface area contributed by atoms with Crippen LogP contribution in [0.15, 0.2) is 12.2 Å². The highest BCUT2D eigenvalue weighted by molar-refractivity contribution is 5.71. The van der Waals surface area contributed by atoms with Crippen molar-refractivity contribution in [2.45, 2.75) is 297 Å². The Morgan fingerprint density at radius 3 is 0.847 bits per heavy atom. The second-order valence-electron chi connectivity index (χ2n) is 17.8. The van der Waals surface area contributed by atoms with Crippen LogP contribution in [-0.4, -0.2) is 37.2 Å². The van der Waals surface area contributed by atoms with Crippen LogP contribution in [0.4, 0.5) is 0 Å². The Hall–Kier alpha value is -1.85. The number of carbonyl (C=O) groups is 3. The first kappa shape index (κ1) is 57.1. The highest BCUT2D eigenvalue weighted by atomic mass is 16.6. The van der Waals surface area contributed by atoms with Crippen LogP contribution in [0.3, 0.4) is 0 Å². The van der Waals surface area contributed by atoms with Crippen molar-refractivity contribution < 1.29 is 28.6 Å². The fraction of sp³-hybridized carbons (Fsp3) is 0.906. The first-order valence-corrected chi connectivity index (χ1v) is 26.2. The Kier molecular flexibility index (Phi) is 47.3. The molecule has 0 aromatic rings. The Morgan fingerprint density at radius 2 is 0.559 bits per heavy atom. The van der Waals surface area contributed by atoms with Gasteiger partial charge in [0.2, 0.25) is 0 Å². The molecule has 6 nitrogen and oxygen atoms in total. The van der Waals surface area contributed by atoms with Gasteiger partial charge in [0.25, 0.3) is 0 Å². The molecule has 0 aromatic carbocycles. The van der Waals surface area contributed by atoms with Gasteiger partial charge in [-0.2, -0.15) is 0 Å². The van der Waals surface area contributed by atoms with Crippen LogP contribution in [0.25, 0.3) is 0 Å². The largest absolute Gasteiger partial charge is 0.462 e. The Labute approximate surface area is 367 Å². The molecule has 0 aliphatic heterocycles. The third-order valence-electron chi connectivity index (χ3n) is 11.8. The minimum atomic E-state index is -0.766. The molecule has 1 unspecified atom stereocenters. The maximum absolute atomic E-state index is 12.8. The molecule has 6 heteroatoms. The van der Waals surface area contributed by atoms with Gasteiger partial charge in [-0.1, -0.05) is 238 Å². The molecular formula is C53H100O6. The molecule has 0 N–H and O–H groups in total. The molecule has 0 saturated heterocycles. The SMILES string of the molecule is CCCCCCC/C=C\CCCCCCCC(=O)OCC(COC(=O)CCCCCCCCCCCCCCC)OC(=O)CCCCCCCCCCCCCCCC. The van der Waals surface area contributed by atoms with Crippen LogP contribution in [0.1, 0.15) is 290 Å². The van der Waals surface area contributed by atoms with E-state index in [0.717, 1.165) is 64.2 Å². The molecule has 0 spiro atoms. The summed E-state index contributed by atoms with van der Waals surface area (Å²) in [6, 6.07) is 0. The molecule has 348 valence electrons. The molecule has 0 rings (SSSR count). The van der Waals surface area contributed by atoms with Gasteiger partial charge in [0.1, 0.15) is 13.2 Å². The summed E-state index contributed by atoms with van der Waals surface area (Å²) >= 11 is 0. The average molecular weight is 833 g/mol. The number of hydrogen-bond acceptors (Lipinski definition) is 6.